The Kier molecular flexibility index (Phi) is 5.26. The topological polar surface area (TPSA) is 61.8 Å². The van der Waals surface area contributed by atoms with E-state index in [0.29, 0.717) is 24.3 Å². The highest BCUT2D eigenvalue weighted by Gasteiger charge is 2.60. The molecule has 1 aromatic carbocycles. The van der Waals surface area contributed by atoms with Gasteiger partial charge < -0.3 is 14.2 Å². The lowest BCUT2D eigenvalue weighted by Gasteiger charge is -2.36. The second-order valence-electron chi connectivity index (χ2n) is 6.18. The van der Waals surface area contributed by atoms with Gasteiger partial charge in [0, 0.05) is 12.0 Å². The summed E-state index contributed by atoms with van der Waals surface area (Å²) in [5.41, 5.74) is -1.36. The third-order valence-corrected chi connectivity index (χ3v) is 6.22. The fourth-order valence-corrected chi connectivity index (χ4v) is 4.80. The van der Waals surface area contributed by atoms with E-state index in [2.05, 4.69) is 0 Å². The molecule has 0 saturated carbocycles. The minimum absolute atomic E-state index is 0.166. The molecule has 0 bridgehead atoms. The van der Waals surface area contributed by atoms with Gasteiger partial charge in [-0.3, -0.25) is 9.59 Å². The first-order valence-corrected chi connectivity index (χ1v) is 9.86. The highest BCUT2D eigenvalue weighted by Crippen LogP contribution is 2.54. The Bertz CT molecular complexity index is 804. The van der Waals surface area contributed by atoms with Crippen LogP contribution in [0.25, 0.3) is 0 Å². The number of halogens is 1. The molecular weight excluding hydrogens is 376 g/mol. The van der Waals surface area contributed by atoms with Crippen molar-refractivity contribution in [3.05, 3.63) is 27.6 Å². The van der Waals surface area contributed by atoms with Gasteiger partial charge in [-0.05, 0) is 29.6 Å². The molecule has 3 rings (SSSR count). The van der Waals surface area contributed by atoms with E-state index in [0.717, 1.165) is 10.7 Å². The molecule has 1 aromatic rings. The SMILES string of the molecule is CCSC1=CC(=O)[C@]2(Oc3c(Cl)c(OC)cc(OC)c3C2=O)[C@H](CC)C1. The molecule has 5 nitrogen and oxygen atoms in total. The summed E-state index contributed by atoms with van der Waals surface area (Å²) >= 11 is 8.00. The summed E-state index contributed by atoms with van der Waals surface area (Å²) in [4.78, 5) is 27.4. The molecule has 0 fully saturated rings. The number of hydrogen-bond acceptors (Lipinski definition) is 6. The lowest BCUT2D eigenvalue weighted by atomic mass is 9.73. The van der Waals surface area contributed by atoms with E-state index in [4.69, 9.17) is 25.8 Å². The van der Waals surface area contributed by atoms with E-state index in [1.54, 1.807) is 23.9 Å². The highest BCUT2D eigenvalue weighted by molar-refractivity contribution is 8.03. The van der Waals surface area contributed by atoms with Crippen LogP contribution in [-0.4, -0.2) is 37.1 Å². The van der Waals surface area contributed by atoms with Crippen molar-refractivity contribution in [2.24, 2.45) is 5.92 Å². The lowest BCUT2D eigenvalue weighted by molar-refractivity contribution is -0.129. The van der Waals surface area contributed by atoms with Gasteiger partial charge in [-0.2, -0.15) is 0 Å². The number of methoxy groups -OCH3 is 2. The first kappa shape index (κ1) is 19.1. The molecule has 0 radical (unpaired) electrons. The van der Waals surface area contributed by atoms with Crippen LogP contribution in [0.3, 0.4) is 0 Å². The van der Waals surface area contributed by atoms with E-state index in [-0.39, 0.29) is 33.8 Å². The Morgan fingerprint density at radius 1 is 1.27 bits per heavy atom. The number of Topliss-reactive ketones (excluding diaryl/α,β-unsaturated/α-hetero) is 1. The molecule has 26 heavy (non-hydrogen) atoms. The quantitative estimate of drug-likeness (QED) is 0.691. The summed E-state index contributed by atoms with van der Waals surface area (Å²) in [6, 6.07) is 1.55. The predicted molar refractivity (Wildman–Crippen MR) is 102 cm³/mol. The molecule has 7 heteroatoms. The number of benzene rings is 1. The maximum Gasteiger partial charge on any atom is 0.236 e. The summed E-state index contributed by atoms with van der Waals surface area (Å²) in [6.07, 6.45) is 2.80. The monoisotopic (exact) mass is 396 g/mol. The molecule has 0 amide bonds. The zero-order chi connectivity index (χ0) is 19.1. The maximum atomic E-state index is 13.4. The Balaban J connectivity index is 2.17. The average molecular weight is 397 g/mol. The summed E-state index contributed by atoms with van der Waals surface area (Å²) in [6.45, 7) is 3.99. The lowest BCUT2D eigenvalue weighted by Crippen LogP contribution is -2.55. The molecule has 0 aromatic heterocycles. The van der Waals surface area contributed by atoms with Crippen LogP contribution in [0, 0.1) is 5.92 Å². The van der Waals surface area contributed by atoms with E-state index in [9.17, 15) is 9.59 Å². The largest absolute Gasteiger partial charge is 0.496 e. The molecule has 1 heterocycles. The van der Waals surface area contributed by atoms with Gasteiger partial charge in [0.15, 0.2) is 5.75 Å². The Morgan fingerprint density at radius 2 is 1.96 bits per heavy atom. The highest BCUT2D eigenvalue weighted by atomic mass is 35.5. The number of hydrogen-bond donors (Lipinski definition) is 0. The summed E-state index contributed by atoms with van der Waals surface area (Å²) in [7, 11) is 2.92. The maximum absolute atomic E-state index is 13.4. The van der Waals surface area contributed by atoms with Gasteiger partial charge in [-0.1, -0.05) is 25.4 Å². The van der Waals surface area contributed by atoms with Crippen molar-refractivity contribution in [2.75, 3.05) is 20.0 Å². The van der Waals surface area contributed by atoms with E-state index in [1.165, 1.54) is 14.2 Å². The van der Waals surface area contributed by atoms with E-state index < -0.39 is 5.60 Å². The zero-order valence-corrected chi connectivity index (χ0v) is 16.8. The molecule has 140 valence electrons. The van der Waals surface area contributed by atoms with Crippen molar-refractivity contribution in [2.45, 2.75) is 32.3 Å². The van der Waals surface area contributed by atoms with E-state index in [1.807, 2.05) is 13.8 Å². The predicted octanol–water partition coefficient (Wildman–Crippen LogP) is 4.31. The van der Waals surface area contributed by atoms with E-state index >= 15 is 0 Å². The number of rotatable bonds is 5. The van der Waals surface area contributed by atoms with Crippen molar-refractivity contribution in [3.63, 3.8) is 0 Å². The molecule has 1 aliphatic carbocycles. The fraction of sp³-hybridized carbons (Fsp3) is 0.474. The molecule has 0 unspecified atom stereocenters. The van der Waals surface area contributed by atoms with Gasteiger partial charge in [-0.15, -0.1) is 11.8 Å². The smallest absolute Gasteiger partial charge is 0.236 e. The van der Waals surface area contributed by atoms with Crippen molar-refractivity contribution in [3.8, 4) is 17.2 Å². The van der Waals surface area contributed by atoms with Crippen molar-refractivity contribution >= 4 is 34.9 Å². The van der Waals surface area contributed by atoms with Gasteiger partial charge in [0.05, 0.1) is 14.2 Å². The number of ketones is 2. The molecular formula is C19H21ClO5S. The number of thioether (sulfide) groups is 1. The van der Waals surface area contributed by atoms with Gasteiger partial charge in [-0.25, -0.2) is 0 Å². The fourth-order valence-electron chi connectivity index (χ4n) is 3.65. The van der Waals surface area contributed by atoms with Crippen LogP contribution >= 0.6 is 23.4 Å². The van der Waals surface area contributed by atoms with Gasteiger partial charge in [0.2, 0.25) is 17.2 Å². The zero-order valence-electron chi connectivity index (χ0n) is 15.2. The Morgan fingerprint density at radius 3 is 2.54 bits per heavy atom. The average Bonchev–Trinajstić information content (AvgIpc) is 2.94. The van der Waals surface area contributed by atoms with Crippen molar-refractivity contribution in [1.29, 1.82) is 0 Å². The Labute approximate surface area is 162 Å². The number of allylic oxidation sites excluding steroid dienone is 1. The van der Waals surface area contributed by atoms with Crippen LogP contribution in [0.5, 0.6) is 17.2 Å². The second kappa shape index (κ2) is 7.16. The Hall–Kier alpha value is -1.66. The number of ether oxygens (including phenoxy) is 3. The van der Waals surface area contributed by atoms with Gasteiger partial charge in [0.1, 0.15) is 22.1 Å². The van der Waals surface area contributed by atoms with Crippen LogP contribution in [0.15, 0.2) is 17.0 Å². The third-order valence-electron chi connectivity index (χ3n) is 4.92. The first-order valence-electron chi connectivity index (χ1n) is 8.50. The second-order valence-corrected chi connectivity index (χ2v) is 7.95. The van der Waals surface area contributed by atoms with Gasteiger partial charge >= 0.3 is 0 Å². The van der Waals surface area contributed by atoms with Crippen LogP contribution in [0.2, 0.25) is 5.02 Å². The van der Waals surface area contributed by atoms with Crippen LogP contribution in [0.1, 0.15) is 37.0 Å². The summed E-state index contributed by atoms with van der Waals surface area (Å²) < 4.78 is 16.7. The minimum Gasteiger partial charge on any atom is -0.496 e. The van der Waals surface area contributed by atoms with Gasteiger partial charge in [0.25, 0.3) is 0 Å². The van der Waals surface area contributed by atoms with Crippen molar-refractivity contribution in [1.82, 2.24) is 0 Å². The standard InChI is InChI=1S/C19H21ClO5S/c1-5-10-7-11(26-6-2)8-14(21)19(10)18(22)15-12(23-3)9-13(24-4)16(20)17(15)25-19/h8-10H,5-7H2,1-4H3/t10-,19-/m1/s1. The van der Waals surface area contributed by atoms with Crippen LogP contribution in [-0.2, 0) is 4.79 Å². The number of carbonyl (C=O) groups excluding carboxylic acids is 2. The molecule has 2 aliphatic rings. The molecule has 0 saturated heterocycles. The first-order chi connectivity index (χ1) is 12.4. The summed E-state index contributed by atoms with van der Waals surface area (Å²) in [5, 5.41) is 0.175. The normalized spacial score (nSPS) is 24.3. The minimum atomic E-state index is -1.57. The molecule has 0 N–H and O–H groups in total. The van der Waals surface area contributed by atoms with Crippen molar-refractivity contribution < 1.29 is 23.8 Å². The van der Waals surface area contributed by atoms with Crippen LogP contribution in [0.4, 0.5) is 0 Å². The summed E-state index contributed by atoms with van der Waals surface area (Å²) in [5.74, 6) is 0.687. The molecule has 1 spiro atoms. The third kappa shape index (κ3) is 2.62. The number of fused-ring (bicyclic) bond motifs is 1. The molecule has 1 aliphatic heterocycles. The number of carbonyl (C=O) groups is 2. The molecule has 2 atom stereocenters. The van der Waals surface area contributed by atoms with Crippen LogP contribution < -0.4 is 14.2 Å².